The van der Waals surface area contributed by atoms with Gasteiger partial charge in [-0.25, -0.2) is 0 Å². The number of hydrogen-bond acceptors (Lipinski definition) is 4. The van der Waals surface area contributed by atoms with Gasteiger partial charge in [0.15, 0.2) is 0 Å². The first-order chi connectivity index (χ1) is 11.8. The Morgan fingerprint density at radius 2 is 1.46 bits per heavy atom. The van der Waals surface area contributed by atoms with Gasteiger partial charge in [0.2, 0.25) is 0 Å². The fourth-order valence-corrected chi connectivity index (χ4v) is 3.31. The maximum absolute atomic E-state index is 12.4. The number of aliphatic hydroxyl groups excluding tert-OH is 1. The topological polar surface area (TPSA) is 63.6 Å². The van der Waals surface area contributed by atoms with Gasteiger partial charge in [-0.1, -0.05) is 64.2 Å². The Kier molecular flexibility index (Phi) is 12.7. The van der Waals surface area contributed by atoms with Crippen LogP contribution in [-0.4, -0.2) is 30.1 Å². The molecular formula is C20H36O4. The number of carbonyl (C=O) groups excluding carboxylic acids is 2. The molecule has 1 rings (SSSR count). The number of unbranched alkanes of at least 4 members (excludes halogenated alkanes) is 6. The molecule has 1 N–H and O–H groups in total. The lowest BCUT2D eigenvalue weighted by Crippen LogP contribution is -2.26. The normalized spacial score (nSPS) is 20.2. The van der Waals surface area contributed by atoms with Crippen molar-refractivity contribution in [3.05, 3.63) is 0 Å². The summed E-state index contributed by atoms with van der Waals surface area (Å²) >= 11 is 0. The second kappa shape index (κ2) is 14.4. The van der Waals surface area contributed by atoms with E-state index in [0.29, 0.717) is 19.4 Å². The summed E-state index contributed by atoms with van der Waals surface area (Å²) in [6.45, 7) is 0.752. The molecule has 0 aromatic carbocycles. The minimum absolute atomic E-state index is 0.0829. The van der Waals surface area contributed by atoms with Crippen LogP contribution in [0.2, 0.25) is 0 Å². The van der Waals surface area contributed by atoms with Crippen LogP contribution in [0.1, 0.15) is 96.3 Å². The van der Waals surface area contributed by atoms with Crippen LogP contribution in [0.5, 0.6) is 0 Å². The van der Waals surface area contributed by atoms with Gasteiger partial charge in [-0.05, 0) is 25.7 Å². The summed E-state index contributed by atoms with van der Waals surface area (Å²) in [5.74, 6) is -0.724. The van der Waals surface area contributed by atoms with Crippen molar-refractivity contribution in [1.29, 1.82) is 0 Å². The maximum atomic E-state index is 12.4. The zero-order chi connectivity index (χ0) is 17.5. The van der Waals surface area contributed by atoms with E-state index in [9.17, 15) is 9.59 Å². The van der Waals surface area contributed by atoms with Gasteiger partial charge in [-0.3, -0.25) is 9.59 Å². The van der Waals surface area contributed by atoms with E-state index in [2.05, 4.69) is 0 Å². The molecule has 0 aliphatic carbocycles. The first-order valence-electron chi connectivity index (χ1n) is 10.1. The largest absolute Gasteiger partial charge is 0.465 e. The zero-order valence-electron chi connectivity index (χ0n) is 15.3. The number of rotatable bonds is 10. The van der Waals surface area contributed by atoms with Gasteiger partial charge in [0.05, 0.1) is 6.61 Å². The number of Topliss-reactive ketones (excluding diaryl/α,β-unsaturated/α-hetero) is 1. The number of aliphatic hydroxyl groups is 1. The lowest BCUT2D eigenvalue weighted by Gasteiger charge is -2.14. The van der Waals surface area contributed by atoms with E-state index >= 15 is 0 Å². The summed E-state index contributed by atoms with van der Waals surface area (Å²) in [6.07, 6.45) is 15.0. The van der Waals surface area contributed by atoms with E-state index in [4.69, 9.17) is 9.84 Å². The fourth-order valence-electron chi connectivity index (χ4n) is 3.31. The predicted octanol–water partition coefficient (Wildman–Crippen LogP) is 4.57. The van der Waals surface area contributed by atoms with Crippen molar-refractivity contribution < 1.29 is 19.4 Å². The number of hydrogen-bond donors (Lipinski definition) is 1. The average Bonchev–Trinajstić information content (AvgIpc) is 2.62. The summed E-state index contributed by atoms with van der Waals surface area (Å²) in [5.41, 5.74) is 0. The van der Waals surface area contributed by atoms with Crippen LogP contribution in [0.25, 0.3) is 0 Å². The van der Waals surface area contributed by atoms with E-state index in [0.717, 1.165) is 64.2 Å². The van der Waals surface area contributed by atoms with Gasteiger partial charge < -0.3 is 9.84 Å². The standard InChI is InChI=1S/C20H36O4/c21-16-12-8-4-1-2-7-11-15-19(22)18-14-10-6-3-5-9-13-17-24-20(18)23/h18,21H,1-17H2. The van der Waals surface area contributed by atoms with E-state index in [1.54, 1.807) is 0 Å². The molecule has 140 valence electrons. The third-order valence-corrected chi connectivity index (χ3v) is 4.89. The summed E-state index contributed by atoms with van der Waals surface area (Å²) in [6, 6.07) is 0. The maximum Gasteiger partial charge on any atom is 0.316 e. The number of ketones is 1. The van der Waals surface area contributed by atoms with Crippen molar-refractivity contribution >= 4 is 11.8 Å². The molecule has 1 saturated heterocycles. The van der Waals surface area contributed by atoms with Crippen molar-refractivity contribution in [3.8, 4) is 0 Å². The third kappa shape index (κ3) is 10.1. The molecule has 1 aliphatic rings. The lowest BCUT2D eigenvalue weighted by molar-refractivity contribution is -0.152. The Hall–Kier alpha value is -0.900. The van der Waals surface area contributed by atoms with Gasteiger partial charge in [0, 0.05) is 13.0 Å². The lowest BCUT2D eigenvalue weighted by atomic mass is 9.93. The highest BCUT2D eigenvalue weighted by Gasteiger charge is 2.27. The Labute approximate surface area is 147 Å². The molecule has 1 aliphatic heterocycles. The second-order valence-corrected chi connectivity index (χ2v) is 7.04. The highest BCUT2D eigenvalue weighted by atomic mass is 16.5. The Morgan fingerprint density at radius 1 is 0.875 bits per heavy atom. The first-order valence-corrected chi connectivity index (χ1v) is 10.1. The van der Waals surface area contributed by atoms with Crippen LogP contribution in [0.3, 0.4) is 0 Å². The van der Waals surface area contributed by atoms with Crippen LogP contribution in [0.15, 0.2) is 0 Å². The van der Waals surface area contributed by atoms with Gasteiger partial charge >= 0.3 is 5.97 Å². The molecule has 1 atom stereocenters. The minimum atomic E-state index is -0.521. The summed E-state index contributed by atoms with van der Waals surface area (Å²) in [4.78, 5) is 24.6. The molecule has 0 saturated carbocycles. The molecule has 1 fully saturated rings. The summed E-state index contributed by atoms with van der Waals surface area (Å²) in [5, 5.41) is 8.72. The van der Waals surface area contributed by atoms with Crippen molar-refractivity contribution in [2.24, 2.45) is 5.92 Å². The predicted molar refractivity (Wildman–Crippen MR) is 95.8 cm³/mol. The molecule has 0 radical (unpaired) electrons. The van der Waals surface area contributed by atoms with Crippen molar-refractivity contribution in [1.82, 2.24) is 0 Å². The highest BCUT2D eigenvalue weighted by Crippen LogP contribution is 2.19. The molecule has 1 heterocycles. The smallest absolute Gasteiger partial charge is 0.316 e. The fraction of sp³-hybridized carbons (Fsp3) is 0.900. The van der Waals surface area contributed by atoms with Crippen LogP contribution < -0.4 is 0 Å². The van der Waals surface area contributed by atoms with Gasteiger partial charge in [0.1, 0.15) is 11.7 Å². The van der Waals surface area contributed by atoms with Crippen molar-refractivity contribution in [2.75, 3.05) is 13.2 Å². The molecule has 4 nitrogen and oxygen atoms in total. The molecule has 4 heteroatoms. The van der Waals surface area contributed by atoms with Gasteiger partial charge in [-0.15, -0.1) is 0 Å². The van der Waals surface area contributed by atoms with Gasteiger partial charge in [-0.2, -0.15) is 0 Å². The average molecular weight is 341 g/mol. The second-order valence-electron chi connectivity index (χ2n) is 7.04. The van der Waals surface area contributed by atoms with E-state index in [1.807, 2.05) is 0 Å². The van der Waals surface area contributed by atoms with E-state index in [-0.39, 0.29) is 18.4 Å². The SMILES string of the molecule is O=C(CCCCCCCCCO)C1CCCCCCCCOC1=O. The Morgan fingerprint density at radius 3 is 2.17 bits per heavy atom. The van der Waals surface area contributed by atoms with Crippen LogP contribution in [0.4, 0.5) is 0 Å². The molecule has 1 unspecified atom stereocenters. The first kappa shape index (κ1) is 21.1. The van der Waals surface area contributed by atoms with Gasteiger partial charge in [0.25, 0.3) is 0 Å². The number of ether oxygens (including phenoxy) is 1. The molecule has 0 aromatic rings. The number of esters is 1. The molecule has 0 bridgehead atoms. The molecule has 0 spiro atoms. The summed E-state index contributed by atoms with van der Waals surface area (Å²) in [7, 11) is 0. The minimum Gasteiger partial charge on any atom is -0.465 e. The Balaban J connectivity index is 2.22. The zero-order valence-corrected chi connectivity index (χ0v) is 15.3. The Bertz CT molecular complexity index is 341. The monoisotopic (exact) mass is 340 g/mol. The quantitative estimate of drug-likeness (QED) is 0.359. The molecular weight excluding hydrogens is 304 g/mol. The number of cyclic esters (lactones) is 1. The molecule has 0 amide bonds. The number of carbonyl (C=O) groups is 2. The van der Waals surface area contributed by atoms with Crippen molar-refractivity contribution in [3.63, 3.8) is 0 Å². The molecule has 0 aromatic heterocycles. The van der Waals surface area contributed by atoms with Crippen LogP contribution >= 0.6 is 0 Å². The van der Waals surface area contributed by atoms with Crippen LogP contribution in [-0.2, 0) is 14.3 Å². The van der Waals surface area contributed by atoms with E-state index < -0.39 is 5.92 Å². The van der Waals surface area contributed by atoms with Crippen LogP contribution in [0, 0.1) is 5.92 Å². The summed E-state index contributed by atoms with van der Waals surface area (Å²) < 4.78 is 5.31. The molecule has 24 heavy (non-hydrogen) atoms. The third-order valence-electron chi connectivity index (χ3n) is 4.89. The van der Waals surface area contributed by atoms with E-state index in [1.165, 1.54) is 19.3 Å². The van der Waals surface area contributed by atoms with Crippen molar-refractivity contribution in [2.45, 2.75) is 96.3 Å². The highest BCUT2D eigenvalue weighted by molar-refractivity contribution is 5.98.